The summed E-state index contributed by atoms with van der Waals surface area (Å²) >= 11 is 1.55. The van der Waals surface area contributed by atoms with Crippen LogP contribution in [0.15, 0.2) is 47.8 Å². The maximum atomic E-state index is 10.4. The van der Waals surface area contributed by atoms with E-state index in [0.717, 1.165) is 53.3 Å². The third kappa shape index (κ3) is 5.67. The van der Waals surface area contributed by atoms with Crippen molar-refractivity contribution < 1.29 is 9.84 Å². The number of benzene rings is 1. The van der Waals surface area contributed by atoms with E-state index in [0.29, 0.717) is 29.3 Å². The second-order valence-electron chi connectivity index (χ2n) is 10.3. The maximum absolute atomic E-state index is 10.4. The predicted molar refractivity (Wildman–Crippen MR) is 155 cm³/mol. The fourth-order valence-electron chi connectivity index (χ4n) is 4.74. The number of methoxy groups -OCH3 is 1. The van der Waals surface area contributed by atoms with Crippen LogP contribution in [-0.4, -0.2) is 65.3 Å². The SMILES string of the molecule is COc1cc(Nc2nc(Nc3cccc(C(C)(C)O)n3)c3ccsc3n2)ccc1N1CCC(N(C)C)CC1. The molecule has 4 heterocycles. The average Bonchev–Trinajstić information content (AvgIpc) is 3.37. The summed E-state index contributed by atoms with van der Waals surface area (Å²) in [5.41, 5.74) is 1.48. The number of hydrogen-bond donors (Lipinski definition) is 3. The molecule has 3 N–H and O–H groups in total. The summed E-state index contributed by atoms with van der Waals surface area (Å²) in [5.74, 6) is 2.54. The number of aromatic nitrogens is 3. The fourth-order valence-corrected chi connectivity index (χ4v) is 5.51. The molecule has 10 heteroatoms. The van der Waals surface area contributed by atoms with Gasteiger partial charge in [0.25, 0.3) is 0 Å². The molecular formula is C28H35N7O2S. The van der Waals surface area contributed by atoms with Crippen LogP contribution in [0.2, 0.25) is 0 Å². The van der Waals surface area contributed by atoms with Crippen molar-refractivity contribution in [1.82, 2.24) is 19.9 Å². The van der Waals surface area contributed by atoms with Crippen LogP contribution in [0.1, 0.15) is 32.4 Å². The van der Waals surface area contributed by atoms with Crippen LogP contribution in [-0.2, 0) is 5.60 Å². The quantitative estimate of drug-likeness (QED) is 0.277. The summed E-state index contributed by atoms with van der Waals surface area (Å²) in [7, 11) is 6.02. The zero-order chi connectivity index (χ0) is 26.9. The van der Waals surface area contributed by atoms with E-state index in [9.17, 15) is 5.11 Å². The van der Waals surface area contributed by atoms with Crippen LogP contribution in [0, 0.1) is 0 Å². The summed E-state index contributed by atoms with van der Waals surface area (Å²) in [6, 6.07) is 14.3. The number of anilines is 5. The van der Waals surface area contributed by atoms with Crippen LogP contribution in [0.3, 0.4) is 0 Å². The van der Waals surface area contributed by atoms with E-state index in [1.165, 1.54) is 0 Å². The largest absolute Gasteiger partial charge is 0.495 e. The smallest absolute Gasteiger partial charge is 0.230 e. The van der Waals surface area contributed by atoms with Crippen molar-refractivity contribution in [3.8, 4) is 5.75 Å². The maximum Gasteiger partial charge on any atom is 0.230 e. The lowest BCUT2D eigenvalue weighted by atomic mass is 10.0. The molecule has 0 radical (unpaired) electrons. The molecule has 5 rings (SSSR count). The minimum Gasteiger partial charge on any atom is -0.495 e. The van der Waals surface area contributed by atoms with Crippen LogP contribution < -0.4 is 20.3 Å². The Kier molecular flexibility index (Phi) is 7.38. The topological polar surface area (TPSA) is 98.7 Å². The number of hydrogen-bond acceptors (Lipinski definition) is 10. The third-order valence-corrected chi connectivity index (χ3v) is 7.73. The molecule has 0 spiro atoms. The van der Waals surface area contributed by atoms with Crippen molar-refractivity contribution in [3.05, 3.63) is 53.5 Å². The number of piperidine rings is 1. The van der Waals surface area contributed by atoms with Gasteiger partial charge >= 0.3 is 0 Å². The van der Waals surface area contributed by atoms with Gasteiger partial charge in [-0.25, -0.2) is 9.97 Å². The van der Waals surface area contributed by atoms with Gasteiger partial charge < -0.3 is 30.3 Å². The van der Waals surface area contributed by atoms with Crippen LogP contribution >= 0.6 is 11.3 Å². The van der Waals surface area contributed by atoms with E-state index < -0.39 is 5.60 Å². The molecule has 1 saturated heterocycles. The minimum atomic E-state index is -1.04. The van der Waals surface area contributed by atoms with Crippen LogP contribution in [0.4, 0.5) is 29.0 Å². The lowest BCUT2D eigenvalue weighted by Gasteiger charge is -2.37. The molecule has 4 aromatic rings. The average molecular weight is 534 g/mol. The fraction of sp³-hybridized carbons (Fsp3) is 0.393. The molecule has 38 heavy (non-hydrogen) atoms. The molecule has 0 unspecified atom stereocenters. The van der Waals surface area contributed by atoms with Gasteiger partial charge in [-0.15, -0.1) is 11.3 Å². The highest BCUT2D eigenvalue weighted by Crippen LogP contribution is 2.35. The monoisotopic (exact) mass is 533 g/mol. The highest BCUT2D eigenvalue weighted by molar-refractivity contribution is 7.16. The summed E-state index contributed by atoms with van der Waals surface area (Å²) in [5, 5.41) is 19.9. The normalized spacial score (nSPS) is 14.8. The van der Waals surface area contributed by atoms with E-state index in [1.807, 2.05) is 35.7 Å². The summed E-state index contributed by atoms with van der Waals surface area (Å²) in [4.78, 5) is 19.6. The van der Waals surface area contributed by atoms with Gasteiger partial charge in [-0.2, -0.15) is 4.98 Å². The molecule has 1 fully saturated rings. The van der Waals surface area contributed by atoms with Gasteiger partial charge in [0.2, 0.25) is 5.95 Å². The van der Waals surface area contributed by atoms with E-state index in [4.69, 9.17) is 14.7 Å². The second-order valence-corrected chi connectivity index (χ2v) is 11.2. The first kappa shape index (κ1) is 26.1. The molecule has 1 aromatic carbocycles. The molecule has 0 amide bonds. The van der Waals surface area contributed by atoms with Gasteiger partial charge in [-0.3, -0.25) is 0 Å². The predicted octanol–water partition coefficient (Wildman–Crippen LogP) is 5.34. The number of fused-ring (bicyclic) bond motifs is 1. The molecule has 0 atom stereocenters. The van der Waals surface area contributed by atoms with Gasteiger partial charge in [-0.05, 0) is 76.5 Å². The zero-order valence-corrected chi connectivity index (χ0v) is 23.3. The van der Waals surface area contributed by atoms with Crippen molar-refractivity contribution in [3.63, 3.8) is 0 Å². The number of rotatable bonds is 8. The molecule has 3 aromatic heterocycles. The Labute approximate surface area is 227 Å². The van der Waals surface area contributed by atoms with Crippen LogP contribution in [0.25, 0.3) is 10.2 Å². The van der Waals surface area contributed by atoms with Gasteiger partial charge in [0, 0.05) is 30.9 Å². The highest BCUT2D eigenvalue weighted by Gasteiger charge is 2.23. The van der Waals surface area contributed by atoms with E-state index >= 15 is 0 Å². The third-order valence-electron chi connectivity index (χ3n) is 6.92. The molecule has 1 aliphatic heterocycles. The number of pyridine rings is 1. The number of aliphatic hydroxyl groups is 1. The van der Waals surface area contributed by atoms with E-state index in [2.05, 4.69) is 45.6 Å². The Bertz CT molecular complexity index is 1410. The Morgan fingerprint density at radius 1 is 1.05 bits per heavy atom. The summed E-state index contributed by atoms with van der Waals surface area (Å²) in [6.07, 6.45) is 2.27. The van der Waals surface area contributed by atoms with Crippen molar-refractivity contribution in [2.75, 3.05) is 49.8 Å². The minimum absolute atomic E-state index is 0.475. The Morgan fingerprint density at radius 2 is 1.84 bits per heavy atom. The van der Waals surface area contributed by atoms with Crippen molar-refractivity contribution in [2.24, 2.45) is 0 Å². The van der Waals surface area contributed by atoms with Crippen molar-refractivity contribution in [2.45, 2.75) is 38.3 Å². The highest BCUT2D eigenvalue weighted by atomic mass is 32.1. The molecule has 200 valence electrons. The van der Waals surface area contributed by atoms with Crippen LogP contribution in [0.5, 0.6) is 5.75 Å². The molecular weight excluding hydrogens is 498 g/mol. The zero-order valence-electron chi connectivity index (χ0n) is 22.5. The lowest BCUT2D eigenvalue weighted by molar-refractivity contribution is 0.0740. The van der Waals surface area contributed by atoms with Gasteiger partial charge in [-0.1, -0.05) is 6.07 Å². The van der Waals surface area contributed by atoms with Crippen molar-refractivity contribution in [1.29, 1.82) is 0 Å². The van der Waals surface area contributed by atoms with Gasteiger partial charge in [0.1, 0.15) is 27.8 Å². The first-order chi connectivity index (χ1) is 18.2. The second kappa shape index (κ2) is 10.7. The number of ether oxygens (including phenoxy) is 1. The van der Waals surface area contributed by atoms with Gasteiger partial charge in [0.15, 0.2) is 0 Å². The van der Waals surface area contributed by atoms with Gasteiger partial charge in [0.05, 0.1) is 23.9 Å². The Balaban J connectivity index is 1.38. The molecule has 0 saturated carbocycles. The number of nitrogens with zero attached hydrogens (tertiary/aromatic N) is 5. The molecule has 0 bridgehead atoms. The number of thiophene rings is 1. The molecule has 0 aliphatic carbocycles. The molecule has 1 aliphatic rings. The number of nitrogens with one attached hydrogen (secondary N) is 2. The van der Waals surface area contributed by atoms with Crippen molar-refractivity contribution >= 4 is 50.5 Å². The lowest BCUT2D eigenvalue weighted by Crippen LogP contribution is -2.42. The molecule has 9 nitrogen and oxygen atoms in total. The Morgan fingerprint density at radius 3 is 2.55 bits per heavy atom. The first-order valence-electron chi connectivity index (χ1n) is 12.8. The first-order valence-corrected chi connectivity index (χ1v) is 13.7. The van der Waals surface area contributed by atoms with E-state index in [-0.39, 0.29) is 0 Å². The summed E-state index contributed by atoms with van der Waals surface area (Å²) in [6.45, 7) is 5.44. The summed E-state index contributed by atoms with van der Waals surface area (Å²) < 4.78 is 5.78. The Hall–Kier alpha value is -3.47. The standard InChI is InChI=1S/C28H35N7O2S/c1-28(2,36)23-7-6-8-24(30-23)31-25-20-13-16-38-26(20)33-27(32-25)29-18-9-10-21(22(17-18)37-5)35-14-11-19(12-15-35)34(3)4/h6-10,13,16-17,19,36H,11-12,14-15H2,1-5H3,(H2,29,30,31,32,33). The van der Waals surface area contributed by atoms with E-state index in [1.54, 1.807) is 38.4 Å².